The van der Waals surface area contributed by atoms with Crippen molar-refractivity contribution >= 4 is 29.1 Å². The number of carbonyl (C=O) groups is 3. The van der Waals surface area contributed by atoms with Crippen LogP contribution in [0.25, 0.3) is 0 Å². The number of nitrogens with zero attached hydrogens (tertiary/aromatic N) is 1. The molecule has 9 nitrogen and oxygen atoms in total. The Hall–Kier alpha value is -3.59. The highest BCUT2D eigenvalue weighted by Crippen LogP contribution is 2.32. The van der Waals surface area contributed by atoms with Crippen LogP contribution in [0.3, 0.4) is 0 Å². The van der Waals surface area contributed by atoms with E-state index in [4.69, 9.17) is 14.2 Å². The third-order valence-corrected chi connectivity index (χ3v) is 6.38. The van der Waals surface area contributed by atoms with Gasteiger partial charge in [-0.1, -0.05) is 13.0 Å². The van der Waals surface area contributed by atoms with Gasteiger partial charge >= 0.3 is 0 Å². The van der Waals surface area contributed by atoms with Crippen LogP contribution in [0.4, 0.5) is 11.4 Å². The molecule has 0 spiro atoms. The molecule has 0 bridgehead atoms. The minimum absolute atomic E-state index is 0.125. The molecule has 1 fully saturated rings. The van der Waals surface area contributed by atoms with Crippen molar-refractivity contribution in [3.8, 4) is 11.5 Å². The molecule has 2 aliphatic rings. The molecule has 2 heterocycles. The lowest BCUT2D eigenvalue weighted by molar-refractivity contribution is -0.130. The highest BCUT2D eigenvalue weighted by atomic mass is 16.5. The first-order valence-electron chi connectivity index (χ1n) is 11.8. The number of methoxy groups -OCH3 is 1. The molecule has 35 heavy (non-hydrogen) atoms. The Balaban J connectivity index is 1.42. The molecule has 0 radical (unpaired) electrons. The first-order chi connectivity index (χ1) is 16.9. The van der Waals surface area contributed by atoms with Crippen molar-refractivity contribution in [1.29, 1.82) is 0 Å². The van der Waals surface area contributed by atoms with E-state index in [1.165, 1.54) is 0 Å². The van der Waals surface area contributed by atoms with Gasteiger partial charge in [0.05, 0.1) is 31.2 Å². The SMILES string of the molecule is CCC(=O)Nc1ccc2c(c1)C(=O)N(C)[C@@H]1CC[C@H](CC(=O)Nc3cccc(OC)c3)O[C@@H]1CO2. The maximum absolute atomic E-state index is 13.3. The van der Waals surface area contributed by atoms with Crippen LogP contribution in [0.5, 0.6) is 11.5 Å². The zero-order valence-electron chi connectivity index (χ0n) is 20.2. The third kappa shape index (κ3) is 5.74. The van der Waals surface area contributed by atoms with Gasteiger partial charge in [0.15, 0.2) is 0 Å². The first-order valence-corrected chi connectivity index (χ1v) is 11.8. The first kappa shape index (κ1) is 24.5. The van der Waals surface area contributed by atoms with Crippen molar-refractivity contribution in [2.45, 2.75) is 50.9 Å². The van der Waals surface area contributed by atoms with Crippen molar-refractivity contribution in [3.63, 3.8) is 0 Å². The lowest BCUT2D eigenvalue weighted by Crippen LogP contribution is -2.53. The van der Waals surface area contributed by atoms with E-state index >= 15 is 0 Å². The molecule has 2 aromatic carbocycles. The molecule has 0 saturated carbocycles. The van der Waals surface area contributed by atoms with Crippen molar-refractivity contribution in [3.05, 3.63) is 48.0 Å². The molecule has 3 amide bonds. The fourth-order valence-electron chi connectivity index (χ4n) is 4.47. The third-order valence-electron chi connectivity index (χ3n) is 6.38. The molecule has 0 aliphatic carbocycles. The Morgan fingerprint density at radius 3 is 2.63 bits per heavy atom. The van der Waals surface area contributed by atoms with Crippen LogP contribution in [-0.2, 0) is 14.3 Å². The van der Waals surface area contributed by atoms with E-state index in [-0.39, 0.29) is 49.0 Å². The molecule has 186 valence electrons. The van der Waals surface area contributed by atoms with Gasteiger partial charge in [0.2, 0.25) is 11.8 Å². The molecule has 2 aliphatic heterocycles. The summed E-state index contributed by atoms with van der Waals surface area (Å²) < 4.78 is 17.4. The lowest BCUT2D eigenvalue weighted by Gasteiger charge is -2.42. The van der Waals surface area contributed by atoms with Crippen LogP contribution >= 0.6 is 0 Å². The highest BCUT2D eigenvalue weighted by molar-refractivity contribution is 5.99. The van der Waals surface area contributed by atoms with Gasteiger partial charge in [0.1, 0.15) is 24.2 Å². The van der Waals surface area contributed by atoms with Gasteiger partial charge in [-0.3, -0.25) is 14.4 Å². The zero-order valence-corrected chi connectivity index (χ0v) is 20.2. The highest BCUT2D eigenvalue weighted by Gasteiger charge is 2.39. The number of amides is 3. The Morgan fingerprint density at radius 2 is 1.86 bits per heavy atom. The zero-order chi connectivity index (χ0) is 24.9. The summed E-state index contributed by atoms with van der Waals surface area (Å²) >= 11 is 0. The van der Waals surface area contributed by atoms with Crippen LogP contribution in [0.15, 0.2) is 42.5 Å². The van der Waals surface area contributed by atoms with E-state index in [1.54, 1.807) is 56.3 Å². The molecule has 2 N–H and O–H groups in total. The summed E-state index contributed by atoms with van der Waals surface area (Å²) in [7, 11) is 3.33. The van der Waals surface area contributed by atoms with Crippen molar-refractivity contribution in [2.24, 2.45) is 0 Å². The average Bonchev–Trinajstić information content (AvgIpc) is 2.86. The van der Waals surface area contributed by atoms with Crippen LogP contribution in [0, 0.1) is 0 Å². The summed E-state index contributed by atoms with van der Waals surface area (Å²) in [6, 6.07) is 12.1. The molecular formula is C26H31N3O6. The van der Waals surface area contributed by atoms with E-state index in [2.05, 4.69) is 10.6 Å². The minimum atomic E-state index is -0.361. The van der Waals surface area contributed by atoms with E-state index < -0.39 is 0 Å². The molecular weight excluding hydrogens is 450 g/mol. The molecule has 4 rings (SSSR count). The second-order valence-electron chi connectivity index (χ2n) is 8.77. The monoisotopic (exact) mass is 481 g/mol. The average molecular weight is 482 g/mol. The molecule has 3 atom stereocenters. The number of fused-ring (bicyclic) bond motifs is 2. The Kier molecular flexibility index (Phi) is 7.55. The summed E-state index contributed by atoms with van der Waals surface area (Å²) in [5.41, 5.74) is 1.62. The number of likely N-dealkylation sites (N-methyl/N-ethyl adjacent to an activating group) is 1. The normalized spacial score (nSPS) is 21.5. The predicted molar refractivity (Wildman–Crippen MR) is 131 cm³/mol. The quantitative estimate of drug-likeness (QED) is 0.655. The van der Waals surface area contributed by atoms with Crippen LogP contribution in [-0.4, -0.2) is 61.6 Å². The van der Waals surface area contributed by atoms with Crippen molar-refractivity contribution < 1.29 is 28.6 Å². The predicted octanol–water partition coefficient (Wildman–Crippen LogP) is 3.45. The van der Waals surface area contributed by atoms with Gasteiger partial charge in [-0.05, 0) is 43.2 Å². The van der Waals surface area contributed by atoms with Crippen molar-refractivity contribution in [1.82, 2.24) is 4.90 Å². The largest absolute Gasteiger partial charge is 0.497 e. The van der Waals surface area contributed by atoms with Gasteiger partial charge in [-0.2, -0.15) is 0 Å². The van der Waals surface area contributed by atoms with E-state index in [0.29, 0.717) is 47.7 Å². The van der Waals surface area contributed by atoms with Gasteiger partial charge in [-0.15, -0.1) is 0 Å². The van der Waals surface area contributed by atoms with Gasteiger partial charge in [0.25, 0.3) is 5.91 Å². The smallest absolute Gasteiger partial charge is 0.257 e. The standard InChI is InChI=1S/C26H31N3O6/c1-4-24(30)27-17-8-11-22-20(13-17)26(32)29(2)21-10-9-19(35-23(21)15-34-22)14-25(31)28-16-6-5-7-18(12-16)33-3/h5-8,11-13,19,21,23H,4,9-10,14-15H2,1-3H3,(H,27,30)(H,28,31)/t19-,21-,23-/m1/s1. The number of benzene rings is 2. The number of hydrogen-bond acceptors (Lipinski definition) is 6. The van der Waals surface area contributed by atoms with Crippen LogP contribution < -0.4 is 20.1 Å². The maximum atomic E-state index is 13.3. The minimum Gasteiger partial charge on any atom is -0.497 e. The van der Waals surface area contributed by atoms with Crippen LogP contribution in [0.2, 0.25) is 0 Å². The Morgan fingerprint density at radius 1 is 1.09 bits per heavy atom. The summed E-state index contributed by atoms with van der Waals surface area (Å²) in [4.78, 5) is 39.3. The molecule has 9 heteroatoms. The fraction of sp³-hybridized carbons (Fsp3) is 0.423. The topological polar surface area (TPSA) is 106 Å². The maximum Gasteiger partial charge on any atom is 0.257 e. The number of rotatable bonds is 6. The summed E-state index contributed by atoms with van der Waals surface area (Å²) in [6.07, 6.45) is 1.24. The Labute approximate surface area is 204 Å². The second-order valence-corrected chi connectivity index (χ2v) is 8.77. The number of nitrogens with one attached hydrogen (secondary N) is 2. The number of anilines is 2. The van der Waals surface area contributed by atoms with E-state index in [1.807, 2.05) is 12.1 Å². The van der Waals surface area contributed by atoms with Crippen LogP contribution in [0.1, 0.15) is 43.0 Å². The number of carbonyl (C=O) groups excluding carboxylic acids is 3. The van der Waals surface area contributed by atoms with E-state index in [0.717, 1.165) is 0 Å². The second kappa shape index (κ2) is 10.8. The summed E-state index contributed by atoms with van der Waals surface area (Å²) in [5, 5.41) is 5.67. The fourth-order valence-corrected chi connectivity index (χ4v) is 4.47. The molecule has 0 aromatic heterocycles. The Bertz CT molecular complexity index is 1100. The lowest BCUT2D eigenvalue weighted by atomic mass is 9.94. The van der Waals surface area contributed by atoms with Gasteiger partial charge in [0, 0.05) is 30.9 Å². The van der Waals surface area contributed by atoms with Gasteiger partial charge in [-0.25, -0.2) is 0 Å². The number of ether oxygens (including phenoxy) is 3. The van der Waals surface area contributed by atoms with Crippen molar-refractivity contribution in [2.75, 3.05) is 31.4 Å². The molecule has 0 unspecified atom stereocenters. The number of hydrogen-bond donors (Lipinski definition) is 2. The van der Waals surface area contributed by atoms with Gasteiger partial charge < -0.3 is 29.7 Å². The van der Waals surface area contributed by atoms with E-state index in [9.17, 15) is 14.4 Å². The summed E-state index contributed by atoms with van der Waals surface area (Å²) in [5.74, 6) is 0.639. The molecule has 1 saturated heterocycles. The molecule has 2 aromatic rings. The summed E-state index contributed by atoms with van der Waals surface area (Å²) in [6.45, 7) is 2.02.